The Kier molecular flexibility index (Phi) is 6.78. The Morgan fingerprint density at radius 3 is 2.40 bits per heavy atom. The van der Waals surface area contributed by atoms with Gasteiger partial charge in [0.15, 0.2) is 0 Å². The van der Waals surface area contributed by atoms with Crippen molar-refractivity contribution in [2.45, 2.75) is 0 Å². The van der Waals surface area contributed by atoms with Gasteiger partial charge >= 0.3 is 33.5 Å². The maximum atomic E-state index is 10.1. The Labute approximate surface area is 105 Å². The summed E-state index contributed by atoms with van der Waals surface area (Å²) in [5.41, 5.74) is 0.937. The lowest BCUT2D eigenvalue weighted by Crippen LogP contribution is -2.02. The highest BCUT2D eigenvalue weighted by Gasteiger charge is 1.99. The first-order chi connectivity index (χ1) is 6.58. The van der Waals surface area contributed by atoms with Crippen molar-refractivity contribution in [2.24, 2.45) is 0 Å². The van der Waals surface area contributed by atoms with E-state index < -0.39 is 10.4 Å². The van der Waals surface area contributed by atoms with Crippen LogP contribution < -0.4 is 0 Å². The lowest BCUT2D eigenvalue weighted by molar-refractivity contribution is 0.297. The third kappa shape index (κ3) is 7.52. The van der Waals surface area contributed by atoms with Crippen molar-refractivity contribution in [1.82, 2.24) is 0 Å². The van der Waals surface area contributed by atoms with E-state index in [2.05, 4.69) is 4.18 Å². The fourth-order valence-corrected chi connectivity index (χ4v) is 1.12. The molecule has 0 aliphatic heterocycles. The zero-order chi connectivity index (χ0) is 10.4. The summed E-state index contributed by atoms with van der Waals surface area (Å²) in [4.78, 5) is 0. The molecular weight excluding hydrogens is 228 g/mol. The summed E-state index contributed by atoms with van der Waals surface area (Å²) >= 11 is 0. The smallest absolute Gasteiger partial charge is 0.264 e. The highest BCUT2D eigenvalue weighted by Crippen LogP contribution is 2.00. The molecule has 1 aromatic rings. The molecule has 0 saturated heterocycles. The Morgan fingerprint density at radius 1 is 1.27 bits per heavy atom. The summed E-state index contributed by atoms with van der Waals surface area (Å²) in [6.07, 6.45) is 3.20. The molecule has 0 radical (unpaired) electrons. The number of rotatable bonds is 4. The average molecular weight is 241 g/mol. The molecule has 0 saturated carbocycles. The molecule has 0 aromatic heterocycles. The third-order valence-electron chi connectivity index (χ3n) is 1.42. The van der Waals surface area contributed by atoms with E-state index in [0.29, 0.717) is 0 Å². The van der Waals surface area contributed by atoms with Gasteiger partial charge in [-0.1, -0.05) is 42.5 Å². The van der Waals surface area contributed by atoms with Crippen LogP contribution in [0.25, 0.3) is 6.08 Å². The van der Waals surface area contributed by atoms with Gasteiger partial charge in [0.05, 0.1) is 6.61 Å². The van der Waals surface area contributed by atoms with Crippen molar-refractivity contribution in [3.05, 3.63) is 42.0 Å². The zero-order valence-electron chi connectivity index (χ0n) is 7.33. The number of benzene rings is 1. The van der Waals surface area contributed by atoms with E-state index in [0.717, 1.165) is 5.56 Å². The molecule has 0 aliphatic rings. The third-order valence-corrected chi connectivity index (χ3v) is 1.86. The molecule has 0 amide bonds. The lowest BCUT2D eigenvalue weighted by Gasteiger charge is -1.93. The second-order valence-electron chi connectivity index (χ2n) is 2.53. The summed E-state index contributed by atoms with van der Waals surface area (Å²) in [5, 5.41) is 0. The maximum absolute atomic E-state index is 10.1. The number of hydrogen-bond donors (Lipinski definition) is 1. The van der Waals surface area contributed by atoms with Gasteiger partial charge in [-0.3, -0.25) is 4.55 Å². The standard InChI is InChI=1S/C9H10O4S.Mg.2H/c10-14(11,12)13-8-4-7-9-5-2-1-3-6-9;;;/h1-7H,8H2,(H,10,11,12);;;/b7-4+;;;. The first-order valence-corrected chi connectivity index (χ1v) is 5.28. The van der Waals surface area contributed by atoms with Crippen molar-refractivity contribution >= 4 is 39.5 Å². The molecular formula is C9H12MgO4S. The molecule has 0 fully saturated rings. The van der Waals surface area contributed by atoms with Crippen molar-refractivity contribution in [2.75, 3.05) is 6.61 Å². The monoisotopic (exact) mass is 240 g/mol. The van der Waals surface area contributed by atoms with E-state index >= 15 is 0 Å². The second-order valence-corrected chi connectivity index (χ2v) is 3.62. The lowest BCUT2D eigenvalue weighted by atomic mass is 10.2. The van der Waals surface area contributed by atoms with Gasteiger partial charge in [-0.15, -0.1) is 0 Å². The van der Waals surface area contributed by atoms with Crippen LogP contribution in [0.4, 0.5) is 0 Å². The largest absolute Gasteiger partial charge is 0.397 e. The van der Waals surface area contributed by atoms with Crippen LogP contribution in [0.1, 0.15) is 5.56 Å². The van der Waals surface area contributed by atoms with Crippen LogP contribution in [0.15, 0.2) is 36.4 Å². The van der Waals surface area contributed by atoms with Gasteiger partial charge in [0.2, 0.25) is 0 Å². The van der Waals surface area contributed by atoms with E-state index in [1.165, 1.54) is 6.08 Å². The van der Waals surface area contributed by atoms with E-state index in [4.69, 9.17) is 4.55 Å². The van der Waals surface area contributed by atoms with Crippen molar-refractivity contribution in [1.29, 1.82) is 0 Å². The van der Waals surface area contributed by atoms with Crippen LogP contribution in [0.2, 0.25) is 0 Å². The predicted molar refractivity (Wildman–Crippen MR) is 61.5 cm³/mol. The molecule has 0 aliphatic carbocycles. The van der Waals surface area contributed by atoms with Gasteiger partial charge in [-0.25, -0.2) is 4.18 Å². The minimum atomic E-state index is -4.33. The summed E-state index contributed by atoms with van der Waals surface area (Å²) in [7, 11) is -4.33. The topological polar surface area (TPSA) is 63.6 Å². The maximum Gasteiger partial charge on any atom is 0.397 e. The zero-order valence-corrected chi connectivity index (χ0v) is 8.15. The van der Waals surface area contributed by atoms with Gasteiger partial charge in [0.1, 0.15) is 0 Å². The number of hydrogen-bond acceptors (Lipinski definition) is 3. The highest BCUT2D eigenvalue weighted by atomic mass is 32.3. The van der Waals surface area contributed by atoms with Gasteiger partial charge < -0.3 is 0 Å². The van der Waals surface area contributed by atoms with Crippen LogP contribution >= 0.6 is 0 Å². The fraction of sp³-hybridized carbons (Fsp3) is 0.111. The molecule has 0 spiro atoms. The van der Waals surface area contributed by atoms with Crippen molar-refractivity contribution in [3.63, 3.8) is 0 Å². The molecule has 0 heterocycles. The SMILES string of the molecule is O=S(=O)(O)OC/C=C/c1ccccc1.[MgH2]. The minimum Gasteiger partial charge on any atom is -0.264 e. The summed E-state index contributed by atoms with van der Waals surface area (Å²) in [5.74, 6) is 0. The first kappa shape index (κ1) is 14.6. The molecule has 0 atom stereocenters. The molecule has 0 bridgehead atoms. The Bertz CT molecular complexity index is 399. The van der Waals surface area contributed by atoms with Gasteiger partial charge in [-0.05, 0) is 5.56 Å². The summed E-state index contributed by atoms with van der Waals surface area (Å²) in [6, 6.07) is 9.34. The Hall–Kier alpha value is -0.404. The molecule has 1 rings (SSSR count). The second kappa shape index (κ2) is 6.97. The molecule has 0 unspecified atom stereocenters. The van der Waals surface area contributed by atoms with Crippen LogP contribution in [-0.2, 0) is 14.6 Å². The van der Waals surface area contributed by atoms with E-state index in [9.17, 15) is 8.42 Å². The molecule has 1 N–H and O–H groups in total. The van der Waals surface area contributed by atoms with Crippen LogP contribution in [0.5, 0.6) is 0 Å². The van der Waals surface area contributed by atoms with E-state index in [-0.39, 0.29) is 29.7 Å². The van der Waals surface area contributed by atoms with Gasteiger partial charge in [0, 0.05) is 0 Å². The van der Waals surface area contributed by atoms with Crippen molar-refractivity contribution < 1.29 is 17.2 Å². The summed E-state index contributed by atoms with van der Waals surface area (Å²) in [6.45, 7) is -0.173. The quantitative estimate of drug-likeness (QED) is 0.618. The minimum absolute atomic E-state index is 0. The molecule has 15 heavy (non-hydrogen) atoms. The van der Waals surface area contributed by atoms with E-state index in [1.807, 2.05) is 30.3 Å². The normalized spacial score (nSPS) is 11.3. The van der Waals surface area contributed by atoms with Crippen LogP contribution in [-0.4, -0.2) is 42.6 Å². The van der Waals surface area contributed by atoms with Gasteiger partial charge in [-0.2, -0.15) is 8.42 Å². The predicted octanol–water partition coefficient (Wildman–Crippen LogP) is 0.603. The molecule has 80 valence electrons. The molecule has 4 nitrogen and oxygen atoms in total. The first-order valence-electron chi connectivity index (χ1n) is 3.91. The Balaban J connectivity index is 0.00000196. The van der Waals surface area contributed by atoms with E-state index in [1.54, 1.807) is 6.08 Å². The molecule has 6 heteroatoms. The van der Waals surface area contributed by atoms with Crippen LogP contribution in [0.3, 0.4) is 0 Å². The summed E-state index contributed by atoms with van der Waals surface area (Å²) < 4.78 is 32.6. The molecule has 1 aromatic carbocycles. The van der Waals surface area contributed by atoms with Gasteiger partial charge in [0.25, 0.3) is 0 Å². The van der Waals surface area contributed by atoms with Crippen LogP contribution in [0, 0.1) is 0 Å². The fourth-order valence-electron chi connectivity index (χ4n) is 0.874. The average Bonchev–Trinajstić information content (AvgIpc) is 2.13. The Morgan fingerprint density at radius 2 is 1.87 bits per heavy atom. The highest BCUT2D eigenvalue weighted by molar-refractivity contribution is 7.80. The van der Waals surface area contributed by atoms with Crippen molar-refractivity contribution in [3.8, 4) is 0 Å².